The molecule has 1 N–H and O–H groups in total. The summed E-state index contributed by atoms with van der Waals surface area (Å²) in [4.78, 5) is 24.7. The molecule has 98 valence electrons. The number of nitrogens with zero attached hydrogens (tertiary/aromatic N) is 1. The molecule has 0 saturated carbocycles. The van der Waals surface area contributed by atoms with Gasteiger partial charge >= 0.3 is 5.97 Å². The number of amides is 1. The van der Waals surface area contributed by atoms with Crippen molar-refractivity contribution in [2.75, 3.05) is 19.8 Å². The van der Waals surface area contributed by atoms with Crippen LogP contribution in [0.1, 0.15) is 16.8 Å². The Kier molecular flexibility index (Phi) is 5.68. The van der Waals surface area contributed by atoms with Crippen LogP contribution in [0.3, 0.4) is 0 Å². The van der Waals surface area contributed by atoms with Gasteiger partial charge in [0.05, 0.1) is 5.56 Å². The molecular formula is C12H14BrNO3S. The topological polar surface area (TPSA) is 57.6 Å². The Hall–Kier alpha value is -1.01. The van der Waals surface area contributed by atoms with E-state index in [1.807, 2.05) is 6.07 Å². The Morgan fingerprint density at radius 2 is 2.06 bits per heavy atom. The summed E-state index contributed by atoms with van der Waals surface area (Å²) in [6, 6.07) is 5.15. The largest absolute Gasteiger partial charge is 0.478 e. The van der Waals surface area contributed by atoms with Gasteiger partial charge in [0.1, 0.15) is 0 Å². The zero-order valence-corrected chi connectivity index (χ0v) is 12.5. The number of carboxylic acid groups (broad SMARTS) is 1. The molecule has 0 unspecified atom stereocenters. The first-order valence-corrected chi connectivity index (χ1v) is 7.05. The lowest BCUT2D eigenvalue weighted by Gasteiger charge is -2.09. The maximum atomic E-state index is 11.4. The molecule has 6 heteroatoms. The Balaban J connectivity index is 2.61. The molecule has 0 bridgehead atoms. The second kappa shape index (κ2) is 6.80. The van der Waals surface area contributed by atoms with E-state index in [9.17, 15) is 9.59 Å². The van der Waals surface area contributed by atoms with Crippen LogP contribution < -0.4 is 0 Å². The number of carbonyl (C=O) groups is 2. The molecule has 0 spiro atoms. The summed E-state index contributed by atoms with van der Waals surface area (Å²) in [6.07, 6.45) is 0.441. The van der Waals surface area contributed by atoms with Crippen LogP contribution in [0.5, 0.6) is 0 Å². The van der Waals surface area contributed by atoms with Crippen LogP contribution in [0.15, 0.2) is 27.6 Å². The highest BCUT2D eigenvalue weighted by atomic mass is 79.9. The quantitative estimate of drug-likeness (QED) is 0.843. The molecule has 18 heavy (non-hydrogen) atoms. The third-order valence-electron chi connectivity index (χ3n) is 2.25. The molecule has 0 atom stereocenters. The van der Waals surface area contributed by atoms with E-state index in [1.54, 1.807) is 31.1 Å². The van der Waals surface area contributed by atoms with Gasteiger partial charge in [0.2, 0.25) is 5.91 Å². The van der Waals surface area contributed by atoms with Gasteiger partial charge in [-0.15, -0.1) is 11.8 Å². The maximum Gasteiger partial charge on any atom is 0.336 e. The first-order chi connectivity index (χ1) is 8.41. The Bertz CT molecular complexity index is 463. The number of thioether (sulfide) groups is 1. The van der Waals surface area contributed by atoms with Crippen LogP contribution in [0, 0.1) is 0 Å². The fraction of sp³-hybridized carbons (Fsp3) is 0.333. The molecule has 0 saturated heterocycles. The minimum atomic E-state index is -0.964. The van der Waals surface area contributed by atoms with Crippen LogP contribution in [0.2, 0.25) is 0 Å². The zero-order valence-electron chi connectivity index (χ0n) is 10.1. The molecule has 1 rings (SSSR count). The van der Waals surface area contributed by atoms with Gasteiger partial charge in [-0.2, -0.15) is 0 Å². The van der Waals surface area contributed by atoms with Crippen molar-refractivity contribution in [2.45, 2.75) is 11.3 Å². The van der Waals surface area contributed by atoms with Crippen molar-refractivity contribution in [1.29, 1.82) is 0 Å². The predicted molar refractivity (Wildman–Crippen MR) is 75.1 cm³/mol. The van der Waals surface area contributed by atoms with Gasteiger partial charge in [0.15, 0.2) is 0 Å². The molecule has 0 aliphatic carbocycles. The number of aromatic carboxylic acids is 1. The molecule has 4 nitrogen and oxygen atoms in total. The zero-order chi connectivity index (χ0) is 13.7. The van der Waals surface area contributed by atoms with Crippen molar-refractivity contribution >= 4 is 39.6 Å². The van der Waals surface area contributed by atoms with Crippen molar-refractivity contribution in [1.82, 2.24) is 4.90 Å². The second-order valence-corrected chi connectivity index (χ2v) is 5.86. The van der Waals surface area contributed by atoms with Gasteiger partial charge < -0.3 is 10.0 Å². The van der Waals surface area contributed by atoms with Gasteiger partial charge in [-0.05, 0) is 34.1 Å². The van der Waals surface area contributed by atoms with Crippen molar-refractivity contribution in [2.24, 2.45) is 0 Å². The lowest BCUT2D eigenvalue weighted by Crippen LogP contribution is -2.21. The molecule has 0 radical (unpaired) electrons. The third kappa shape index (κ3) is 4.34. The van der Waals surface area contributed by atoms with E-state index in [0.717, 1.165) is 4.90 Å². The summed E-state index contributed by atoms with van der Waals surface area (Å²) in [6.45, 7) is 0. The van der Waals surface area contributed by atoms with Crippen LogP contribution in [-0.4, -0.2) is 41.7 Å². The predicted octanol–water partition coefficient (Wildman–Crippen LogP) is 2.72. The second-order valence-electron chi connectivity index (χ2n) is 3.83. The molecule has 1 aromatic rings. The first kappa shape index (κ1) is 15.0. The fourth-order valence-corrected chi connectivity index (χ4v) is 2.53. The normalized spacial score (nSPS) is 10.2. The monoisotopic (exact) mass is 331 g/mol. The number of hydrogen-bond acceptors (Lipinski definition) is 3. The van der Waals surface area contributed by atoms with Gasteiger partial charge in [-0.1, -0.05) is 0 Å². The Morgan fingerprint density at radius 3 is 2.61 bits per heavy atom. The van der Waals surface area contributed by atoms with Crippen LogP contribution in [-0.2, 0) is 4.79 Å². The summed E-state index contributed by atoms with van der Waals surface area (Å²) in [5, 5.41) is 8.98. The number of carboxylic acids is 1. The highest BCUT2D eigenvalue weighted by Crippen LogP contribution is 2.25. The highest BCUT2D eigenvalue weighted by Gasteiger charge is 2.10. The molecule has 1 aromatic carbocycles. The minimum absolute atomic E-state index is 0.0677. The lowest BCUT2D eigenvalue weighted by atomic mass is 10.2. The van der Waals surface area contributed by atoms with E-state index in [1.165, 1.54) is 11.8 Å². The van der Waals surface area contributed by atoms with Gasteiger partial charge in [0, 0.05) is 35.6 Å². The summed E-state index contributed by atoms with van der Waals surface area (Å²) in [5.41, 5.74) is 0.235. The number of carbonyl (C=O) groups excluding carboxylic acids is 1. The number of rotatable bonds is 5. The van der Waals surface area contributed by atoms with Crippen molar-refractivity contribution in [3.05, 3.63) is 28.2 Å². The van der Waals surface area contributed by atoms with E-state index >= 15 is 0 Å². The summed E-state index contributed by atoms with van der Waals surface area (Å²) >= 11 is 4.67. The average Bonchev–Trinajstić information content (AvgIpc) is 2.30. The third-order valence-corrected chi connectivity index (χ3v) is 3.94. The van der Waals surface area contributed by atoms with Crippen molar-refractivity contribution < 1.29 is 14.7 Å². The maximum absolute atomic E-state index is 11.4. The van der Waals surface area contributed by atoms with Gasteiger partial charge in [-0.3, -0.25) is 4.79 Å². The molecule has 0 fully saturated rings. The lowest BCUT2D eigenvalue weighted by molar-refractivity contribution is -0.128. The summed E-state index contributed by atoms with van der Waals surface area (Å²) < 4.78 is 0.559. The van der Waals surface area contributed by atoms with Crippen LogP contribution in [0.25, 0.3) is 0 Å². The summed E-state index contributed by atoms with van der Waals surface area (Å²) in [7, 11) is 3.43. The fourth-order valence-electron chi connectivity index (χ4n) is 1.24. The standard InChI is InChI=1S/C12H14BrNO3S/c1-14(2)11(15)5-6-18-8-3-4-10(13)9(7-8)12(16)17/h3-4,7H,5-6H2,1-2H3,(H,16,17). The number of benzene rings is 1. The van der Waals surface area contributed by atoms with E-state index in [0.29, 0.717) is 16.6 Å². The minimum Gasteiger partial charge on any atom is -0.478 e. The van der Waals surface area contributed by atoms with E-state index < -0.39 is 5.97 Å². The molecule has 0 heterocycles. The van der Waals surface area contributed by atoms with Crippen LogP contribution in [0.4, 0.5) is 0 Å². The van der Waals surface area contributed by atoms with E-state index in [-0.39, 0.29) is 11.5 Å². The van der Waals surface area contributed by atoms with E-state index in [2.05, 4.69) is 15.9 Å². The molecule has 0 aliphatic rings. The van der Waals surface area contributed by atoms with Gasteiger partial charge in [0.25, 0.3) is 0 Å². The number of halogens is 1. The average molecular weight is 332 g/mol. The number of hydrogen-bond donors (Lipinski definition) is 1. The smallest absolute Gasteiger partial charge is 0.336 e. The molecule has 1 amide bonds. The van der Waals surface area contributed by atoms with Crippen molar-refractivity contribution in [3.8, 4) is 0 Å². The Morgan fingerprint density at radius 1 is 1.39 bits per heavy atom. The van der Waals surface area contributed by atoms with Gasteiger partial charge in [-0.25, -0.2) is 4.79 Å². The SMILES string of the molecule is CN(C)C(=O)CCSc1ccc(Br)c(C(=O)O)c1. The Labute approximate surface area is 118 Å². The molecular weight excluding hydrogens is 318 g/mol. The molecule has 0 aliphatic heterocycles. The van der Waals surface area contributed by atoms with E-state index in [4.69, 9.17) is 5.11 Å². The molecule has 0 aromatic heterocycles. The van der Waals surface area contributed by atoms with Crippen LogP contribution >= 0.6 is 27.7 Å². The summed E-state index contributed by atoms with van der Waals surface area (Å²) in [5.74, 6) is -0.260. The highest BCUT2D eigenvalue weighted by molar-refractivity contribution is 9.10. The first-order valence-electron chi connectivity index (χ1n) is 5.27. The van der Waals surface area contributed by atoms with Crippen molar-refractivity contribution in [3.63, 3.8) is 0 Å².